The molecular weight excluding hydrogens is 839 g/mol. The molecule has 4 aliphatic rings. The largest absolute Gasteiger partial charge is 0.384 e. The minimum absolute atomic E-state index is 0.000185. The molecule has 10 N–H and O–H groups in total. The van der Waals surface area contributed by atoms with E-state index in [-0.39, 0.29) is 53.8 Å². The SMILES string of the molecule is CC(=O)N1CCC(NC2CCN(C(=O)CCCCCCNc3cccc([NH3+])c3C(=O)N(N)C3CCC(=O)NC3=O)CC2)C(C(N)N2CCCc3cc(-c4cnn(C)c4)c(C(F)F)cc32)C1. The van der Waals surface area contributed by atoms with Gasteiger partial charge in [0.2, 0.25) is 17.7 Å². The van der Waals surface area contributed by atoms with E-state index in [2.05, 4.69) is 31.7 Å². The molecule has 1 aromatic heterocycles. The minimum atomic E-state index is -2.68. The Bertz CT molecular complexity index is 2210. The van der Waals surface area contributed by atoms with Gasteiger partial charge in [-0.25, -0.2) is 14.6 Å². The van der Waals surface area contributed by atoms with Crippen LogP contribution in [0.1, 0.15) is 105 Å². The maximum Gasteiger partial charge on any atom is 0.276 e. The van der Waals surface area contributed by atoms with Gasteiger partial charge < -0.3 is 36.8 Å². The number of carbonyl (C=O) groups excluding carboxylic acids is 5. The predicted octanol–water partition coefficient (Wildman–Crippen LogP) is 2.94. The number of unbranched alkanes of at least 4 members (excludes halogenated alkanes) is 3. The Morgan fingerprint density at radius 2 is 1.75 bits per heavy atom. The molecule has 0 saturated carbocycles. The first-order valence-electron chi connectivity index (χ1n) is 23.1. The van der Waals surface area contributed by atoms with Crippen molar-refractivity contribution in [1.29, 1.82) is 0 Å². The van der Waals surface area contributed by atoms with Crippen molar-refractivity contribution >= 4 is 46.6 Å². The summed E-state index contributed by atoms with van der Waals surface area (Å²) in [5.74, 6) is 4.54. The second-order valence-corrected chi connectivity index (χ2v) is 18.0. The highest BCUT2D eigenvalue weighted by Crippen LogP contribution is 2.40. The summed E-state index contributed by atoms with van der Waals surface area (Å²) in [7, 11) is 1.77. The summed E-state index contributed by atoms with van der Waals surface area (Å²) in [5.41, 5.74) is 15.2. The summed E-state index contributed by atoms with van der Waals surface area (Å²) >= 11 is 0. The predicted molar refractivity (Wildman–Crippen MR) is 241 cm³/mol. The van der Waals surface area contributed by atoms with Gasteiger partial charge in [0.05, 0.1) is 18.1 Å². The maximum absolute atomic E-state index is 14.6. The van der Waals surface area contributed by atoms with Crippen LogP contribution in [0.25, 0.3) is 11.1 Å². The summed E-state index contributed by atoms with van der Waals surface area (Å²) in [4.78, 5) is 69.1. The van der Waals surface area contributed by atoms with Crippen molar-refractivity contribution in [1.82, 2.24) is 35.2 Å². The van der Waals surface area contributed by atoms with E-state index >= 15 is 0 Å². The van der Waals surface area contributed by atoms with E-state index in [0.29, 0.717) is 74.6 Å². The van der Waals surface area contributed by atoms with Crippen LogP contribution < -0.4 is 38.2 Å². The number of aryl methyl sites for hydroxylation is 2. The fourth-order valence-corrected chi connectivity index (χ4v) is 9.98. The van der Waals surface area contributed by atoms with Crippen molar-refractivity contribution in [2.24, 2.45) is 24.5 Å². The van der Waals surface area contributed by atoms with Crippen molar-refractivity contribution in [2.45, 2.75) is 115 Å². The van der Waals surface area contributed by atoms with Crippen LogP contribution in [-0.2, 0) is 32.6 Å². The van der Waals surface area contributed by atoms with E-state index in [1.54, 1.807) is 55.3 Å². The molecule has 0 aliphatic carbocycles. The van der Waals surface area contributed by atoms with Crippen LogP contribution in [0.5, 0.6) is 0 Å². The van der Waals surface area contributed by atoms with Crippen LogP contribution in [0.15, 0.2) is 42.7 Å². The lowest BCUT2D eigenvalue weighted by Gasteiger charge is -2.48. The second kappa shape index (κ2) is 21.2. The van der Waals surface area contributed by atoms with Gasteiger partial charge in [0, 0.05) is 107 Å². The zero-order chi connectivity index (χ0) is 46.4. The van der Waals surface area contributed by atoms with Crippen molar-refractivity contribution in [3.8, 4) is 11.1 Å². The Morgan fingerprint density at radius 1 is 1.00 bits per heavy atom. The lowest BCUT2D eigenvalue weighted by Crippen LogP contribution is -2.63. The first kappa shape index (κ1) is 47.5. The third-order valence-corrected chi connectivity index (χ3v) is 13.6. The van der Waals surface area contributed by atoms with Gasteiger partial charge in [-0.2, -0.15) is 5.10 Å². The second-order valence-electron chi connectivity index (χ2n) is 18.0. The summed E-state index contributed by atoms with van der Waals surface area (Å²) in [6.45, 7) is 5.15. The smallest absolute Gasteiger partial charge is 0.276 e. The number of alkyl halides is 2. The standard InChI is InChI=1S/C46H64F2N12O5/c1-28(61)58-22-17-36(34(27-58)44(50)59-19-8-9-29-23-32(30-25-53-56(2)26-30)33(43(47)48)24-39(29)59)54-31-15-20-57(21-16-31)41(63)12-5-3-4-6-18-52-37-11-7-10-35(49)42(37)46(65)60(51)38-13-14-40(62)55-45(38)64/h7,10-11,23-26,31,34,36,38,43-44,52,54H,3-6,8-9,12-22,27,49-51H2,1-2H3,(H,55,62,64)/p+1. The number of quaternary nitrogens is 1. The average Bonchev–Trinajstić information content (AvgIpc) is 3.73. The Kier molecular flexibility index (Phi) is 15.5. The number of benzene rings is 2. The number of rotatable bonds is 16. The number of anilines is 2. The van der Waals surface area contributed by atoms with Gasteiger partial charge >= 0.3 is 0 Å². The Balaban J connectivity index is 0.871. The number of nitrogens with one attached hydrogen (secondary N) is 3. The topological polar surface area (TPSA) is 232 Å². The van der Waals surface area contributed by atoms with Crippen LogP contribution in [0.4, 0.5) is 25.8 Å². The summed E-state index contributed by atoms with van der Waals surface area (Å²) in [6.07, 6.45) is 8.09. The zero-order valence-electron chi connectivity index (χ0n) is 37.6. The van der Waals surface area contributed by atoms with Crippen molar-refractivity contribution in [3.05, 3.63) is 59.4 Å². The van der Waals surface area contributed by atoms with Crippen LogP contribution >= 0.6 is 0 Å². The summed E-state index contributed by atoms with van der Waals surface area (Å²) in [5, 5.41) is 14.5. The number of fused-ring (bicyclic) bond motifs is 1. The minimum Gasteiger partial charge on any atom is -0.384 e. The third-order valence-electron chi connectivity index (χ3n) is 13.6. The molecule has 19 heteroatoms. The highest BCUT2D eigenvalue weighted by atomic mass is 19.3. The van der Waals surface area contributed by atoms with Crippen LogP contribution in [0.2, 0.25) is 0 Å². The molecule has 2 aromatic carbocycles. The molecular formula is C46H65F2N12O5+. The van der Waals surface area contributed by atoms with E-state index in [4.69, 9.17) is 11.6 Å². The van der Waals surface area contributed by atoms with Gasteiger partial charge in [-0.15, -0.1) is 0 Å². The number of carbonyl (C=O) groups is 5. The Labute approximate surface area is 378 Å². The molecule has 0 radical (unpaired) electrons. The highest BCUT2D eigenvalue weighted by molar-refractivity contribution is 6.07. The molecule has 7 rings (SSSR count). The molecule has 4 unspecified atom stereocenters. The number of imide groups is 1. The number of amides is 5. The van der Waals surface area contributed by atoms with Gasteiger partial charge in [-0.3, -0.25) is 39.0 Å². The number of nitrogens with two attached hydrogens (primary N) is 2. The average molecular weight is 904 g/mol. The summed E-state index contributed by atoms with van der Waals surface area (Å²) in [6, 6.07) is 7.95. The van der Waals surface area contributed by atoms with E-state index in [9.17, 15) is 32.8 Å². The van der Waals surface area contributed by atoms with E-state index in [1.807, 2.05) is 15.9 Å². The van der Waals surface area contributed by atoms with E-state index < -0.39 is 36.4 Å². The van der Waals surface area contributed by atoms with Gasteiger partial charge in [-0.1, -0.05) is 18.9 Å². The molecule has 5 heterocycles. The van der Waals surface area contributed by atoms with Crippen molar-refractivity contribution in [2.75, 3.05) is 49.5 Å². The molecule has 65 heavy (non-hydrogen) atoms. The van der Waals surface area contributed by atoms with Crippen LogP contribution in [0.3, 0.4) is 0 Å². The molecule has 0 bridgehead atoms. The lowest BCUT2D eigenvalue weighted by atomic mass is 9.85. The highest BCUT2D eigenvalue weighted by Gasteiger charge is 2.40. The van der Waals surface area contributed by atoms with Gasteiger partial charge in [-0.05, 0) is 86.8 Å². The van der Waals surface area contributed by atoms with Gasteiger partial charge in [0.15, 0.2) is 0 Å². The molecule has 3 saturated heterocycles. The first-order valence-corrected chi connectivity index (χ1v) is 23.1. The Hall–Kier alpha value is -5.50. The molecule has 3 fully saturated rings. The number of likely N-dealkylation sites (tertiary alicyclic amines) is 2. The van der Waals surface area contributed by atoms with Crippen LogP contribution in [0, 0.1) is 5.92 Å². The van der Waals surface area contributed by atoms with Crippen molar-refractivity contribution in [3.63, 3.8) is 0 Å². The fourth-order valence-electron chi connectivity index (χ4n) is 9.98. The Morgan fingerprint density at radius 3 is 2.46 bits per heavy atom. The normalized spacial score (nSPS) is 21.0. The number of hydrogen-bond donors (Lipinski definition) is 6. The van der Waals surface area contributed by atoms with E-state index in [0.717, 1.165) is 67.6 Å². The molecule has 0 spiro atoms. The molecule has 3 aromatic rings. The van der Waals surface area contributed by atoms with E-state index in [1.165, 1.54) is 0 Å². The number of piperidine rings is 3. The van der Waals surface area contributed by atoms with Gasteiger partial charge in [0.25, 0.3) is 18.2 Å². The number of nitrogens with zero attached hydrogens (tertiary/aromatic N) is 6. The molecule has 4 atom stereocenters. The van der Waals surface area contributed by atoms with Gasteiger partial charge in [0.1, 0.15) is 17.3 Å². The molecule has 352 valence electrons. The number of hydrazine groups is 1. The zero-order valence-corrected chi connectivity index (χ0v) is 37.6. The maximum atomic E-state index is 14.6. The van der Waals surface area contributed by atoms with Crippen molar-refractivity contribution < 1.29 is 38.5 Å². The lowest BCUT2D eigenvalue weighted by molar-refractivity contribution is -0.255. The molecule has 4 aliphatic heterocycles. The molecule has 17 nitrogen and oxygen atoms in total. The number of hydrogen-bond acceptors (Lipinski definition) is 11. The molecule has 5 amide bonds. The monoisotopic (exact) mass is 904 g/mol. The van der Waals surface area contributed by atoms with Crippen LogP contribution in [-0.4, -0.2) is 118 Å². The number of halogens is 2. The first-order chi connectivity index (χ1) is 31.2. The fraction of sp³-hybridized carbons (Fsp3) is 0.565. The summed E-state index contributed by atoms with van der Waals surface area (Å²) < 4.78 is 30.8. The quantitative estimate of drug-likeness (QED) is 0.0403. The third kappa shape index (κ3) is 11.1. The number of aromatic nitrogens is 2.